The van der Waals surface area contributed by atoms with Crippen molar-refractivity contribution in [1.29, 1.82) is 0 Å². The number of benzene rings is 1. The van der Waals surface area contributed by atoms with Crippen LogP contribution < -0.4 is 10.6 Å². The summed E-state index contributed by atoms with van der Waals surface area (Å²) in [6.45, 7) is 7.12. The maximum absolute atomic E-state index is 11.7. The first-order chi connectivity index (χ1) is 12.8. The Balaban J connectivity index is 1.41. The Kier molecular flexibility index (Phi) is 9.54. The number of amides is 2. The van der Waals surface area contributed by atoms with Crippen LogP contribution in [0.2, 0.25) is 0 Å². The minimum atomic E-state index is -0.274. The summed E-state index contributed by atoms with van der Waals surface area (Å²) in [5, 5.41) is 5.46. The third kappa shape index (κ3) is 8.32. The number of anilines is 1. The van der Waals surface area contributed by atoms with Gasteiger partial charge in [0, 0.05) is 37.4 Å². The van der Waals surface area contributed by atoms with Crippen LogP contribution in [-0.2, 0) is 14.2 Å². The van der Waals surface area contributed by atoms with E-state index < -0.39 is 0 Å². The van der Waals surface area contributed by atoms with E-state index in [1.165, 1.54) is 0 Å². The number of carbonyl (C=O) groups excluding carboxylic acids is 1. The first-order valence-electron chi connectivity index (χ1n) is 8.85. The van der Waals surface area contributed by atoms with E-state index in [0.29, 0.717) is 38.7 Å². The second-order valence-corrected chi connectivity index (χ2v) is 5.78. The van der Waals surface area contributed by atoms with Gasteiger partial charge in [-0.25, -0.2) is 4.79 Å². The lowest BCUT2D eigenvalue weighted by Gasteiger charge is -2.26. The predicted molar refractivity (Wildman–Crippen MR) is 100 cm³/mol. The first-order valence-corrected chi connectivity index (χ1v) is 8.85. The second-order valence-electron chi connectivity index (χ2n) is 5.78. The third-order valence-corrected chi connectivity index (χ3v) is 3.87. The van der Waals surface area contributed by atoms with Crippen molar-refractivity contribution in [2.45, 2.75) is 0 Å². The first kappa shape index (κ1) is 20.2. The molecule has 2 rings (SSSR count). The number of nitrogens with zero attached hydrogens (tertiary/aromatic N) is 1. The molecule has 1 aliphatic rings. The monoisotopic (exact) mass is 361 g/mol. The molecule has 1 aromatic carbocycles. The standard InChI is InChI=1S/C19H27N3O4/c1-2-17-3-5-18(6-4-17)21-19(23)20-7-11-24-15-16-26-14-10-22-8-12-25-13-9-22/h1,3-6H,7-16H2,(H2,20,21,23). The van der Waals surface area contributed by atoms with Gasteiger partial charge in [-0.1, -0.05) is 5.92 Å². The second kappa shape index (κ2) is 12.3. The number of hydrogen-bond donors (Lipinski definition) is 2. The van der Waals surface area contributed by atoms with Crippen LogP contribution in [0.4, 0.5) is 10.5 Å². The molecule has 0 saturated carbocycles. The van der Waals surface area contributed by atoms with Crippen LogP contribution in [0, 0.1) is 12.3 Å². The lowest BCUT2D eigenvalue weighted by molar-refractivity contribution is 0.00848. The Morgan fingerprint density at radius 2 is 1.81 bits per heavy atom. The van der Waals surface area contributed by atoms with Gasteiger partial charge in [-0.2, -0.15) is 0 Å². The Morgan fingerprint density at radius 1 is 1.12 bits per heavy atom. The van der Waals surface area contributed by atoms with Crippen LogP contribution in [0.1, 0.15) is 5.56 Å². The van der Waals surface area contributed by atoms with E-state index in [9.17, 15) is 4.79 Å². The highest BCUT2D eigenvalue weighted by Crippen LogP contribution is 2.08. The average Bonchev–Trinajstić information content (AvgIpc) is 2.68. The van der Waals surface area contributed by atoms with Gasteiger partial charge in [0.05, 0.1) is 39.6 Å². The fraction of sp³-hybridized carbons (Fsp3) is 0.526. The zero-order valence-corrected chi connectivity index (χ0v) is 15.0. The number of hydrogen-bond acceptors (Lipinski definition) is 5. The van der Waals surface area contributed by atoms with Gasteiger partial charge in [0.1, 0.15) is 0 Å². The van der Waals surface area contributed by atoms with Crippen LogP contribution in [-0.4, -0.2) is 76.8 Å². The van der Waals surface area contributed by atoms with Gasteiger partial charge >= 0.3 is 6.03 Å². The molecule has 0 bridgehead atoms. The van der Waals surface area contributed by atoms with Crippen LogP contribution >= 0.6 is 0 Å². The third-order valence-electron chi connectivity index (χ3n) is 3.87. The molecule has 142 valence electrons. The Morgan fingerprint density at radius 3 is 2.50 bits per heavy atom. The highest BCUT2D eigenvalue weighted by atomic mass is 16.5. The molecule has 0 atom stereocenters. The SMILES string of the molecule is C#Cc1ccc(NC(=O)NCCOCCOCCN2CCOCC2)cc1. The van der Waals surface area contributed by atoms with Crippen molar-refractivity contribution in [2.75, 3.05) is 71.1 Å². The molecule has 0 aliphatic carbocycles. The number of morpholine rings is 1. The van der Waals surface area contributed by atoms with Gasteiger partial charge < -0.3 is 24.8 Å². The Bertz CT molecular complexity index is 565. The highest BCUT2D eigenvalue weighted by Gasteiger charge is 2.09. The zero-order valence-electron chi connectivity index (χ0n) is 15.0. The molecule has 1 heterocycles. The van der Waals surface area contributed by atoms with E-state index in [4.69, 9.17) is 20.6 Å². The number of urea groups is 1. The number of terminal acetylenes is 1. The predicted octanol–water partition coefficient (Wildman–Crippen LogP) is 1.15. The molecule has 0 unspecified atom stereocenters. The van der Waals surface area contributed by atoms with Crippen LogP contribution in [0.15, 0.2) is 24.3 Å². The quantitative estimate of drug-likeness (QED) is 0.483. The van der Waals surface area contributed by atoms with Crippen LogP contribution in [0.3, 0.4) is 0 Å². The molecule has 7 nitrogen and oxygen atoms in total. The summed E-state index contributed by atoms with van der Waals surface area (Å²) in [7, 11) is 0. The van der Waals surface area contributed by atoms with Crippen molar-refractivity contribution in [1.82, 2.24) is 10.2 Å². The summed E-state index contributed by atoms with van der Waals surface area (Å²) in [6.07, 6.45) is 5.29. The van der Waals surface area contributed by atoms with Crippen LogP contribution in [0.5, 0.6) is 0 Å². The molecule has 1 saturated heterocycles. The molecule has 0 aromatic heterocycles. The van der Waals surface area contributed by atoms with Crippen LogP contribution in [0.25, 0.3) is 0 Å². The summed E-state index contributed by atoms with van der Waals surface area (Å²) in [4.78, 5) is 14.1. The fourth-order valence-electron chi connectivity index (χ4n) is 2.40. The van der Waals surface area contributed by atoms with E-state index in [0.717, 1.165) is 38.4 Å². The molecule has 26 heavy (non-hydrogen) atoms. The molecule has 7 heteroatoms. The normalized spacial score (nSPS) is 14.6. The molecule has 0 spiro atoms. The number of rotatable bonds is 10. The molecule has 1 aliphatic heterocycles. The smallest absolute Gasteiger partial charge is 0.319 e. The minimum absolute atomic E-state index is 0.274. The van der Waals surface area contributed by atoms with Crippen molar-refractivity contribution in [3.63, 3.8) is 0 Å². The molecule has 2 amide bonds. The number of nitrogens with one attached hydrogen (secondary N) is 2. The van der Waals surface area contributed by atoms with E-state index in [2.05, 4.69) is 21.5 Å². The van der Waals surface area contributed by atoms with Crippen molar-refractivity contribution in [3.8, 4) is 12.3 Å². The fourth-order valence-corrected chi connectivity index (χ4v) is 2.40. The van der Waals surface area contributed by atoms with E-state index >= 15 is 0 Å². The van der Waals surface area contributed by atoms with Crippen molar-refractivity contribution in [3.05, 3.63) is 29.8 Å². The summed E-state index contributed by atoms with van der Waals surface area (Å²) in [5.41, 5.74) is 1.47. The maximum atomic E-state index is 11.7. The molecule has 1 fully saturated rings. The molecular weight excluding hydrogens is 334 g/mol. The van der Waals surface area contributed by atoms with E-state index in [1.807, 2.05) is 0 Å². The van der Waals surface area contributed by atoms with Crippen molar-refractivity contribution >= 4 is 11.7 Å². The topological polar surface area (TPSA) is 72.1 Å². The summed E-state index contributed by atoms with van der Waals surface area (Å²) >= 11 is 0. The molecule has 0 radical (unpaired) electrons. The van der Waals surface area contributed by atoms with Crippen molar-refractivity contribution < 1.29 is 19.0 Å². The summed E-state index contributed by atoms with van der Waals surface area (Å²) < 4.78 is 16.3. The lowest BCUT2D eigenvalue weighted by Crippen LogP contribution is -2.38. The van der Waals surface area contributed by atoms with Crippen molar-refractivity contribution in [2.24, 2.45) is 0 Å². The summed E-state index contributed by atoms with van der Waals surface area (Å²) in [6, 6.07) is 6.80. The van der Waals surface area contributed by atoms with E-state index in [-0.39, 0.29) is 6.03 Å². The largest absolute Gasteiger partial charge is 0.379 e. The molecule has 1 aromatic rings. The van der Waals surface area contributed by atoms with Gasteiger partial charge in [0.15, 0.2) is 0 Å². The molecule has 2 N–H and O–H groups in total. The highest BCUT2D eigenvalue weighted by molar-refractivity contribution is 5.89. The van der Waals surface area contributed by atoms with E-state index in [1.54, 1.807) is 24.3 Å². The number of ether oxygens (including phenoxy) is 3. The Hall–Kier alpha value is -2.11. The van der Waals surface area contributed by atoms with Gasteiger partial charge in [-0.15, -0.1) is 6.42 Å². The Labute approximate surface area is 155 Å². The lowest BCUT2D eigenvalue weighted by atomic mass is 10.2. The van der Waals surface area contributed by atoms with Gasteiger partial charge in [0.2, 0.25) is 0 Å². The van der Waals surface area contributed by atoms with Gasteiger partial charge in [-0.05, 0) is 24.3 Å². The number of carbonyl (C=O) groups is 1. The summed E-state index contributed by atoms with van der Waals surface area (Å²) in [5.74, 6) is 2.53. The minimum Gasteiger partial charge on any atom is -0.379 e. The maximum Gasteiger partial charge on any atom is 0.319 e. The van der Waals surface area contributed by atoms with Gasteiger partial charge in [0.25, 0.3) is 0 Å². The molecular formula is C19H27N3O4. The van der Waals surface area contributed by atoms with Gasteiger partial charge in [-0.3, -0.25) is 4.90 Å². The zero-order chi connectivity index (χ0) is 18.5. The average molecular weight is 361 g/mol.